The van der Waals surface area contributed by atoms with E-state index in [1.165, 1.54) is 11.3 Å². The zero-order valence-corrected chi connectivity index (χ0v) is 12.5. The zero-order chi connectivity index (χ0) is 13.5. The second-order valence-corrected chi connectivity index (χ2v) is 5.02. The van der Waals surface area contributed by atoms with Gasteiger partial charge >= 0.3 is 0 Å². The summed E-state index contributed by atoms with van der Waals surface area (Å²) in [5, 5.41) is 3.22. The Hall–Kier alpha value is -1.09. The lowest BCUT2D eigenvalue weighted by Crippen LogP contribution is -2.25. The van der Waals surface area contributed by atoms with E-state index in [-0.39, 0.29) is 0 Å². The van der Waals surface area contributed by atoms with Gasteiger partial charge in [0.25, 0.3) is 0 Å². The van der Waals surface area contributed by atoms with Crippen molar-refractivity contribution in [2.45, 2.75) is 46.6 Å². The summed E-state index contributed by atoms with van der Waals surface area (Å²) in [5.74, 6) is 1.59. The SMILES string of the molecule is CCCN(CC)c1cc(CNC)cc(C(C)C)n1. The molecule has 1 heterocycles. The first-order chi connectivity index (χ1) is 8.62. The van der Waals surface area contributed by atoms with Crippen LogP contribution in [0.2, 0.25) is 0 Å². The van der Waals surface area contributed by atoms with Gasteiger partial charge in [0.15, 0.2) is 0 Å². The second-order valence-electron chi connectivity index (χ2n) is 5.02. The van der Waals surface area contributed by atoms with Gasteiger partial charge < -0.3 is 10.2 Å². The minimum atomic E-state index is 0.473. The standard InChI is InChI=1S/C15H27N3/c1-6-8-18(7-2)15-10-13(11-16-5)9-14(17-15)12(3)4/h9-10,12,16H,6-8,11H2,1-5H3. The Balaban J connectivity index is 3.08. The maximum absolute atomic E-state index is 4.80. The fraction of sp³-hybridized carbons (Fsp3) is 0.667. The molecule has 18 heavy (non-hydrogen) atoms. The number of anilines is 1. The zero-order valence-electron chi connectivity index (χ0n) is 12.5. The first kappa shape index (κ1) is 15.0. The molecule has 0 atom stereocenters. The Kier molecular flexibility index (Phi) is 6.13. The lowest BCUT2D eigenvalue weighted by molar-refractivity contribution is 0.748. The summed E-state index contributed by atoms with van der Waals surface area (Å²) in [6.45, 7) is 11.8. The summed E-state index contributed by atoms with van der Waals surface area (Å²) < 4.78 is 0. The van der Waals surface area contributed by atoms with Crippen molar-refractivity contribution in [3.63, 3.8) is 0 Å². The highest BCUT2D eigenvalue weighted by molar-refractivity contribution is 5.43. The molecule has 0 saturated heterocycles. The van der Waals surface area contributed by atoms with Gasteiger partial charge in [0.2, 0.25) is 0 Å². The van der Waals surface area contributed by atoms with Crippen molar-refractivity contribution < 1.29 is 0 Å². The molecule has 3 nitrogen and oxygen atoms in total. The molecule has 0 aliphatic rings. The average Bonchev–Trinajstić information content (AvgIpc) is 2.35. The van der Waals surface area contributed by atoms with Crippen LogP contribution >= 0.6 is 0 Å². The van der Waals surface area contributed by atoms with Crippen LogP contribution in [0.1, 0.15) is 51.3 Å². The number of nitrogens with one attached hydrogen (secondary N) is 1. The van der Waals surface area contributed by atoms with E-state index < -0.39 is 0 Å². The molecule has 0 aliphatic heterocycles. The molecule has 0 spiro atoms. The first-order valence-corrected chi connectivity index (χ1v) is 7.02. The van der Waals surface area contributed by atoms with Gasteiger partial charge in [-0.2, -0.15) is 0 Å². The lowest BCUT2D eigenvalue weighted by atomic mass is 10.1. The molecular weight excluding hydrogens is 222 g/mol. The van der Waals surface area contributed by atoms with Gasteiger partial charge in [0, 0.05) is 25.3 Å². The van der Waals surface area contributed by atoms with Crippen LogP contribution in [0.25, 0.3) is 0 Å². The maximum atomic E-state index is 4.80. The summed E-state index contributed by atoms with van der Waals surface area (Å²) in [7, 11) is 1.98. The van der Waals surface area contributed by atoms with Crippen LogP contribution in [-0.2, 0) is 6.54 Å². The summed E-state index contributed by atoms with van der Waals surface area (Å²) in [6, 6.07) is 4.42. The molecular formula is C15H27N3. The fourth-order valence-electron chi connectivity index (χ4n) is 2.06. The van der Waals surface area contributed by atoms with E-state index >= 15 is 0 Å². The van der Waals surface area contributed by atoms with Crippen molar-refractivity contribution in [3.8, 4) is 0 Å². The molecule has 1 rings (SSSR count). The topological polar surface area (TPSA) is 28.2 Å². The van der Waals surface area contributed by atoms with E-state index in [2.05, 4.69) is 50.0 Å². The maximum Gasteiger partial charge on any atom is 0.129 e. The molecule has 0 bridgehead atoms. The summed E-state index contributed by atoms with van der Waals surface area (Å²) in [5.41, 5.74) is 2.51. The highest BCUT2D eigenvalue weighted by Gasteiger charge is 2.10. The van der Waals surface area contributed by atoms with Crippen LogP contribution in [-0.4, -0.2) is 25.1 Å². The molecule has 0 fully saturated rings. The largest absolute Gasteiger partial charge is 0.357 e. The predicted molar refractivity (Wildman–Crippen MR) is 79.3 cm³/mol. The number of rotatable bonds is 7. The Morgan fingerprint density at radius 3 is 2.50 bits per heavy atom. The predicted octanol–water partition coefficient (Wildman–Crippen LogP) is 3.16. The van der Waals surface area contributed by atoms with Gasteiger partial charge in [-0.3, -0.25) is 0 Å². The highest BCUT2D eigenvalue weighted by Crippen LogP contribution is 2.20. The van der Waals surface area contributed by atoms with E-state index in [1.807, 2.05) is 7.05 Å². The van der Waals surface area contributed by atoms with E-state index in [0.29, 0.717) is 5.92 Å². The van der Waals surface area contributed by atoms with Crippen LogP contribution in [0.4, 0.5) is 5.82 Å². The third kappa shape index (κ3) is 3.98. The van der Waals surface area contributed by atoms with Crippen LogP contribution in [0.15, 0.2) is 12.1 Å². The number of hydrogen-bond donors (Lipinski definition) is 1. The van der Waals surface area contributed by atoms with Crippen LogP contribution in [0.3, 0.4) is 0 Å². The molecule has 3 heteroatoms. The van der Waals surface area contributed by atoms with E-state index in [0.717, 1.165) is 31.9 Å². The molecule has 0 amide bonds. The normalized spacial score (nSPS) is 11.0. The number of aromatic nitrogens is 1. The number of hydrogen-bond acceptors (Lipinski definition) is 3. The summed E-state index contributed by atoms with van der Waals surface area (Å²) in [4.78, 5) is 7.16. The van der Waals surface area contributed by atoms with Gasteiger partial charge in [-0.25, -0.2) is 4.98 Å². The highest BCUT2D eigenvalue weighted by atomic mass is 15.2. The Morgan fingerprint density at radius 2 is 2.00 bits per heavy atom. The Morgan fingerprint density at radius 1 is 1.28 bits per heavy atom. The van der Waals surface area contributed by atoms with Crippen LogP contribution in [0, 0.1) is 0 Å². The molecule has 0 saturated carbocycles. The molecule has 0 unspecified atom stereocenters. The first-order valence-electron chi connectivity index (χ1n) is 7.02. The van der Waals surface area contributed by atoms with E-state index in [4.69, 9.17) is 4.98 Å². The average molecular weight is 249 g/mol. The molecule has 1 N–H and O–H groups in total. The van der Waals surface area contributed by atoms with Crippen LogP contribution in [0.5, 0.6) is 0 Å². The Labute approximate surface area is 112 Å². The summed E-state index contributed by atoms with van der Waals surface area (Å²) >= 11 is 0. The van der Waals surface area contributed by atoms with Crippen molar-refractivity contribution in [2.75, 3.05) is 25.0 Å². The van der Waals surface area contributed by atoms with Crippen molar-refractivity contribution in [2.24, 2.45) is 0 Å². The van der Waals surface area contributed by atoms with Gasteiger partial charge in [-0.1, -0.05) is 20.8 Å². The number of nitrogens with zero attached hydrogens (tertiary/aromatic N) is 2. The second kappa shape index (κ2) is 7.37. The van der Waals surface area contributed by atoms with Crippen molar-refractivity contribution in [1.29, 1.82) is 0 Å². The minimum absolute atomic E-state index is 0.473. The van der Waals surface area contributed by atoms with Gasteiger partial charge in [0.05, 0.1) is 0 Å². The van der Waals surface area contributed by atoms with E-state index in [9.17, 15) is 0 Å². The van der Waals surface area contributed by atoms with Crippen LogP contribution < -0.4 is 10.2 Å². The smallest absolute Gasteiger partial charge is 0.129 e. The van der Waals surface area contributed by atoms with E-state index in [1.54, 1.807) is 0 Å². The molecule has 1 aromatic rings. The molecule has 0 aromatic carbocycles. The van der Waals surface area contributed by atoms with Crippen molar-refractivity contribution >= 4 is 5.82 Å². The monoisotopic (exact) mass is 249 g/mol. The van der Waals surface area contributed by atoms with Gasteiger partial charge in [0.1, 0.15) is 5.82 Å². The molecule has 1 aromatic heterocycles. The summed E-state index contributed by atoms with van der Waals surface area (Å²) in [6.07, 6.45) is 1.16. The lowest BCUT2D eigenvalue weighted by Gasteiger charge is -2.23. The quantitative estimate of drug-likeness (QED) is 0.804. The minimum Gasteiger partial charge on any atom is -0.357 e. The fourth-order valence-corrected chi connectivity index (χ4v) is 2.06. The molecule has 102 valence electrons. The van der Waals surface area contributed by atoms with Gasteiger partial charge in [-0.05, 0) is 44.0 Å². The third-order valence-electron chi connectivity index (χ3n) is 3.06. The molecule has 0 radical (unpaired) electrons. The van der Waals surface area contributed by atoms with Gasteiger partial charge in [-0.15, -0.1) is 0 Å². The van der Waals surface area contributed by atoms with Crippen molar-refractivity contribution in [1.82, 2.24) is 10.3 Å². The Bertz CT molecular complexity index is 361. The molecule has 0 aliphatic carbocycles. The number of pyridine rings is 1. The van der Waals surface area contributed by atoms with Crippen molar-refractivity contribution in [3.05, 3.63) is 23.4 Å². The third-order valence-corrected chi connectivity index (χ3v) is 3.06.